The first kappa shape index (κ1) is 21.1. The molecule has 2 aromatic carbocycles. The van der Waals surface area contributed by atoms with Crippen LogP contribution < -0.4 is 9.46 Å². The number of alkyl halides is 2. The van der Waals surface area contributed by atoms with Crippen LogP contribution in [0.4, 0.5) is 8.78 Å². The number of para-hydroxylation sites is 1. The number of benzene rings is 2. The van der Waals surface area contributed by atoms with E-state index in [2.05, 4.69) is 14.2 Å². The zero-order valence-electron chi connectivity index (χ0n) is 14.1. The highest BCUT2D eigenvalue weighted by Crippen LogP contribution is 2.30. The number of ether oxygens (including phenoxy) is 2. The first-order chi connectivity index (χ1) is 12.7. The van der Waals surface area contributed by atoms with E-state index in [9.17, 15) is 22.0 Å². The number of carbonyl (C=O) groups excluding carboxylic acids is 1. The van der Waals surface area contributed by atoms with Gasteiger partial charge < -0.3 is 9.47 Å². The van der Waals surface area contributed by atoms with Crippen molar-refractivity contribution in [2.75, 3.05) is 7.11 Å². The molecule has 0 saturated carbocycles. The van der Waals surface area contributed by atoms with Crippen LogP contribution in [0.5, 0.6) is 5.75 Å². The molecule has 0 radical (unpaired) electrons. The number of halogens is 3. The minimum Gasteiger partial charge on any atom is -0.469 e. The summed E-state index contributed by atoms with van der Waals surface area (Å²) in [5.41, 5.74) is 0.334. The van der Waals surface area contributed by atoms with Crippen molar-refractivity contribution < 1.29 is 31.5 Å². The van der Waals surface area contributed by atoms with Crippen molar-refractivity contribution in [2.45, 2.75) is 24.0 Å². The van der Waals surface area contributed by atoms with Gasteiger partial charge in [0.1, 0.15) is 10.6 Å². The van der Waals surface area contributed by atoms with Crippen LogP contribution in [-0.2, 0) is 19.6 Å². The molecule has 146 valence electrons. The van der Waals surface area contributed by atoms with Crippen molar-refractivity contribution in [2.24, 2.45) is 0 Å². The molecule has 27 heavy (non-hydrogen) atoms. The van der Waals surface area contributed by atoms with Crippen LogP contribution in [0.25, 0.3) is 0 Å². The maximum atomic E-state index is 12.8. The van der Waals surface area contributed by atoms with E-state index in [4.69, 9.17) is 11.6 Å². The molecular formula is C17H16ClF2NO5S. The zero-order chi connectivity index (χ0) is 20.0. The second-order valence-electron chi connectivity index (χ2n) is 5.30. The van der Waals surface area contributed by atoms with Gasteiger partial charge in [0.25, 0.3) is 0 Å². The van der Waals surface area contributed by atoms with Gasteiger partial charge in [0.2, 0.25) is 10.0 Å². The second-order valence-corrected chi connectivity index (χ2v) is 7.39. The van der Waals surface area contributed by atoms with Gasteiger partial charge in [-0.25, -0.2) is 13.1 Å². The van der Waals surface area contributed by atoms with Gasteiger partial charge >= 0.3 is 12.6 Å². The van der Waals surface area contributed by atoms with Gasteiger partial charge in [0, 0.05) is 5.02 Å². The number of sulfonamides is 1. The Morgan fingerprint density at radius 2 is 1.78 bits per heavy atom. The van der Waals surface area contributed by atoms with Crippen molar-refractivity contribution in [3.63, 3.8) is 0 Å². The maximum absolute atomic E-state index is 12.8. The smallest absolute Gasteiger partial charge is 0.387 e. The summed E-state index contributed by atoms with van der Waals surface area (Å²) in [7, 11) is -3.17. The molecule has 0 aliphatic heterocycles. The summed E-state index contributed by atoms with van der Waals surface area (Å²) in [6, 6.07) is 10.2. The molecule has 1 atom stereocenters. The Morgan fingerprint density at radius 3 is 2.41 bits per heavy atom. The monoisotopic (exact) mass is 419 g/mol. The maximum Gasteiger partial charge on any atom is 0.387 e. The van der Waals surface area contributed by atoms with Crippen molar-refractivity contribution in [1.29, 1.82) is 0 Å². The number of carbonyl (C=O) groups is 1. The highest BCUT2D eigenvalue weighted by Gasteiger charge is 2.28. The number of esters is 1. The highest BCUT2D eigenvalue weighted by molar-refractivity contribution is 7.89. The second kappa shape index (κ2) is 9.12. The predicted octanol–water partition coefficient (Wildman–Crippen LogP) is 3.52. The number of nitrogens with one attached hydrogen (secondary N) is 1. The van der Waals surface area contributed by atoms with Crippen LogP contribution in [0, 0.1) is 0 Å². The molecule has 0 saturated heterocycles. The third kappa shape index (κ3) is 5.62. The molecule has 0 fully saturated rings. The average Bonchev–Trinajstić information content (AvgIpc) is 2.61. The summed E-state index contributed by atoms with van der Waals surface area (Å²) < 4.78 is 61.9. The first-order valence-electron chi connectivity index (χ1n) is 7.62. The van der Waals surface area contributed by atoms with E-state index in [0.29, 0.717) is 5.56 Å². The van der Waals surface area contributed by atoms with Gasteiger partial charge in [-0.1, -0.05) is 41.9 Å². The van der Waals surface area contributed by atoms with Crippen molar-refractivity contribution in [3.05, 3.63) is 59.1 Å². The topological polar surface area (TPSA) is 81.7 Å². The molecule has 0 bridgehead atoms. The summed E-state index contributed by atoms with van der Waals surface area (Å²) in [6.07, 6.45) is -0.350. The molecular weight excluding hydrogens is 404 g/mol. The van der Waals surface area contributed by atoms with Crippen LogP contribution in [-0.4, -0.2) is 28.1 Å². The lowest BCUT2D eigenvalue weighted by Gasteiger charge is -2.20. The van der Waals surface area contributed by atoms with Gasteiger partial charge in [-0.3, -0.25) is 4.79 Å². The van der Waals surface area contributed by atoms with Crippen LogP contribution in [0.3, 0.4) is 0 Å². The van der Waals surface area contributed by atoms with Gasteiger partial charge in [-0.05, 0) is 23.8 Å². The van der Waals surface area contributed by atoms with Crippen molar-refractivity contribution >= 4 is 27.6 Å². The Bertz CT molecular complexity index is 908. The Balaban J connectivity index is 2.42. The molecule has 0 heterocycles. The Labute approximate surface area is 160 Å². The van der Waals surface area contributed by atoms with Gasteiger partial charge in [0.15, 0.2) is 0 Å². The van der Waals surface area contributed by atoms with Gasteiger partial charge in [0.05, 0.1) is 19.6 Å². The minimum atomic E-state index is -4.33. The summed E-state index contributed by atoms with van der Waals surface area (Å²) in [4.78, 5) is 11.2. The predicted molar refractivity (Wildman–Crippen MR) is 94.2 cm³/mol. The fraction of sp³-hybridized carbons (Fsp3) is 0.235. The lowest BCUT2D eigenvalue weighted by atomic mass is 10.1. The number of methoxy groups -OCH3 is 1. The third-order valence-corrected chi connectivity index (χ3v) is 5.39. The summed E-state index contributed by atoms with van der Waals surface area (Å²) in [6.45, 7) is -3.20. The fourth-order valence-corrected chi connectivity index (χ4v) is 3.96. The fourth-order valence-electron chi connectivity index (χ4n) is 2.34. The molecule has 2 aromatic rings. The summed E-state index contributed by atoms with van der Waals surface area (Å²) in [5, 5.41) is 0.228. The highest BCUT2D eigenvalue weighted by atomic mass is 35.5. The Kier molecular flexibility index (Phi) is 7.11. The molecule has 6 nitrogen and oxygen atoms in total. The lowest BCUT2D eigenvalue weighted by Crippen LogP contribution is -2.31. The van der Waals surface area contributed by atoms with E-state index >= 15 is 0 Å². The van der Waals surface area contributed by atoms with E-state index < -0.39 is 39.3 Å². The molecule has 0 aliphatic carbocycles. The van der Waals surface area contributed by atoms with E-state index in [1.165, 1.54) is 18.2 Å². The van der Waals surface area contributed by atoms with Crippen molar-refractivity contribution in [3.8, 4) is 5.75 Å². The van der Waals surface area contributed by atoms with E-state index in [1.807, 2.05) is 0 Å². The van der Waals surface area contributed by atoms with Crippen LogP contribution >= 0.6 is 11.6 Å². The standard InChI is InChI=1S/C17H16ClF2NO5S/c1-25-16(22)10-13(11-6-2-3-7-12(11)18)21-27(23,24)15-9-5-4-8-14(15)26-17(19)20/h2-9,13,17,21H,10H2,1H3. The quantitative estimate of drug-likeness (QED) is 0.662. The van der Waals surface area contributed by atoms with Gasteiger partial charge in [-0.15, -0.1) is 0 Å². The molecule has 1 unspecified atom stereocenters. The summed E-state index contributed by atoms with van der Waals surface area (Å²) >= 11 is 6.11. The molecule has 0 aromatic heterocycles. The Morgan fingerprint density at radius 1 is 1.15 bits per heavy atom. The SMILES string of the molecule is COC(=O)CC(NS(=O)(=O)c1ccccc1OC(F)F)c1ccccc1Cl. The van der Waals surface area contributed by atoms with Crippen LogP contribution in [0.1, 0.15) is 18.0 Å². The summed E-state index contributed by atoms with van der Waals surface area (Å²) in [5.74, 6) is -1.20. The number of rotatable bonds is 8. The molecule has 2 rings (SSSR count). The average molecular weight is 420 g/mol. The van der Waals surface area contributed by atoms with Crippen molar-refractivity contribution in [1.82, 2.24) is 4.72 Å². The Hall–Kier alpha value is -2.23. The van der Waals surface area contributed by atoms with E-state index in [1.54, 1.807) is 18.2 Å². The third-order valence-electron chi connectivity index (χ3n) is 3.53. The number of hydrogen-bond donors (Lipinski definition) is 1. The minimum absolute atomic E-state index is 0.228. The zero-order valence-corrected chi connectivity index (χ0v) is 15.6. The largest absolute Gasteiger partial charge is 0.469 e. The van der Waals surface area contributed by atoms with E-state index in [0.717, 1.165) is 19.2 Å². The molecule has 0 amide bonds. The molecule has 1 N–H and O–H groups in total. The normalized spacial score (nSPS) is 12.6. The molecule has 10 heteroatoms. The number of hydrogen-bond acceptors (Lipinski definition) is 5. The van der Waals surface area contributed by atoms with Crippen LogP contribution in [0.2, 0.25) is 5.02 Å². The van der Waals surface area contributed by atoms with Gasteiger partial charge in [-0.2, -0.15) is 8.78 Å². The first-order valence-corrected chi connectivity index (χ1v) is 9.48. The molecule has 0 aliphatic rings. The lowest BCUT2D eigenvalue weighted by molar-refractivity contribution is -0.141. The van der Waals surface area contributed by atoms with Crippen LogP contribution in [0.15, 0.2) is 53.4 Å². The van der Waals surface area contributed by atoms with E-state index in [-0.39, 0.29) is 11.4 Å². The molecule has 0 spiro atoms.